The van der Waals surface area contributed by atoms with Crippen LogP contribution in [0.15, 0.2) is 16.8 Å². The fourth-order valence-electron chi connectivity index (χ4n) is 2.62. The van der Waals surface area contributed by atoms with Crippen molar-refractivity contribution in [3.05, 3.63) is 18.1 Å². The summed E-state index contributed by atoms with van der Waals surface area (Å²) < 4.78 is 92.2. The highest BCUT2D eigenvalue weighted by Gasteiger charge is 2.62. The molecular weight excluding hydrogens is 387 g/mol. The highest BCUT2D eigenvalue weighted by atomic mass is 32.2. The Hall–Kier alpha value is -1.92. The zero-order valence-electron chi connectivity index (χ0n) is 13.6. The molecule has 2 N–H and O–H groups in total. The van der Waals surface area contributed by atoms with Crippen molar-refractivity contribution >= 4 is 16.0 Å². The normalized spacial score (nSPS) is 22.1. The van der Waals surface area contributed by atoms with Gasteiger partial charge in [0.25, 0.3) is 5.82 Å². The topological polar surface area (TPSA) is 97.1 Å². The lowest BCUT2D eigenvalue weighted by molar-refractivity contribution is -0.293. The van der Waals surface area contributed by atoms with Gasteiger partial charge in [0.1, 0.15) is 0 Å². The Kier molecular flexibility index (Phi) is 5.49. The number of allylic oxidation sites excluding steroid dienone is 1. The van der Waals surface area contributed by atoms with E-state index in [-0.39, 0.29) is 12.0 Å². The van der Waals surface area contributed by atoms with E-state index in [9.17, 15) is 30.4 Å². The van der Waals surface area contributed by atoms with Crippen LogP contribution in [0.1, 0.15) is 31.5 Å². The zero-order chi connectivity index (χ0) is 19.8. The van der Waals surface area contributed by atoms with Crippen molar-refractivity contribution in [1.82, 2.24) is 14.9 Å². The molecule has 1 aliphatic rings. The molecule has 0 radical (unpaired) electrons. The quantitative estimate of drug-likeness (QED) is 0.708. The summed E-state index contributed by atoms with van der Waals surface area (Å²) in [5.41, 5.74) is 0.357. The molecule has 1 heterocycles. The summed E-state index contributed by atoms with van der Waals surface area (Å²) in [6.45, 7) is 3.68. The number of hydrogen-bond acceptors (Lipinski definition) is 6. The number of hydrogen-bond donors (Lipinski definition) is 2. The average molecular weight is 404 g/mol. The molecule has 1 aliphatic carbocycles. The van der Waals surface area contributed by atoms with Crippen LogP contribution in [0.25, 0.3) is 0 Å². The molecule has 148 valence electrons. The van der Waals surface area contributed by atoms with Crippen LogP contribution in [0.2, 0.25) is 0 Å². The van der Waals surface area contributed by atoms with Gasteiger partial charge in [0.05, 0.1) is 6.26 Å². The highest BCUT2D eigenvalue weighted by Crippen LogP contribution is 2.42. The fraction of sp³-hybridized carbons (Fsp3) is 0.692. The third kappa shape index (κ3) is 4.83. The van der Waals surface area contributed by atoms with Gasteiger partial charge in [-0.2, -0.15) is 26.9 Å². The lowest BCUT2D eigenvalue weighted by Crippen LogP contribution is -2.35. The van der Waals surface area contributed by atoms with Gasteiger partial charge in [0.2, 0.25) is 10.0 Å². The maximum Gasteiger partial charge on any atom is 0.461 e. The van der Waals surface area contributed by atoms with Crippen LogP contribution in [0.3, 0.4) is 0 Å². The summed E-state index contributed by atoms with van der Waals surface area (Å²) in [6.07, 6.45) is -2.75. The van der Waals surface area contributed by atoms with E-state index in [1.165, 1.54) is 0 Å². The Morgan fingerprint density at radius 2 is 1.77 bits per heavy atom. The average Bonchev–Trinajstić information content (AvgIpc) is 2.94. The lowest BCUT2D eigenvalue weighted by atomic mass is 9.84. The molecule has 0 aromatic carbocycles. The van der Waals surface area contributed by atoms with Crippen LogP contribution in [0.5, 0.6) is 0 Å². The molecule has 7 nitrogen and oxygen atoms in total. The predicted molar refractivity (Wildman–Crippen MR) is 80.7 cm³/mol. The lowest BCUT2D eigenvalue weighted by Gasteiger charge is -2.29. The van der Waals surface area contributed by atoms with Crippen molar-refractivity contribution in [3.63, 3.8) is 0 Å². The van der Waals surface area contributed by atoms with Crippen molar-refractivity contribution in [2.75, 3.05) is 11.6 Å². The van der Waals surface area contributed by atoms with Gasteiger partial charge in [-0.05, 0) is 31.6 Å². The van der Waals surface area contributed by atoms with Gasteiger partial charge in [-0.1, -0.05) is 11.7 Å². The summed E-state index contributed by atoms with van der Waals surface area (Å²) in [5.74, 6) is -7.06. The Labute approximate surface area is 146 Å². The van der Waals surface area contributed by atoms with Crippen LogP contribution < -0.4 is 10.0 Å². The minimum absolute atomic E-state index is 0.101. The molecule has 0 saturated heterocycles. The van der Waals surface area contributed by atoms with E-state index in [2.05, 4.69) is 31.3 Å². The minimum Gasteiger partial charge on any atom is -0.335 e. The van der Waals surface area contributed by atoms with Gasteiger partial charge in [-0.15, -0.1) is 0 Å². The number of alkyl halides is 5. The van der Waals surface area contributed by atoms with Crippen molar-refractivity contribution < 1.29 is 34.9 Å². The number of aromatic nitrogens is 2. The number of anilines is 1. The predicted octanol–water partition coefficient (Wildman–Crippen LogP) is 2.76. The molecule has 0 amide bonds. The van der Waals surface area contributed by atoms with Crippen molar-refractivity contribution in [2.24, 2.45) is 5.92 Å². The molecule has 1 aromatic heterocycles. The van der Waals surface area contributed by atoms with E-state index < -0.39 is 34.0 Å². The second-order valence-corrected chi connectivity index (χ2v) is 7.84. The van der Waals surface area contributed by atoms with Gasteiger partial charge in [0.15, 0.2) is 0 Å². The highest BCUT2D eigenvalue weighted by molar-refractivity contribution is 7.88. The molecular formula is C13H17F5N4O3S. The Morgan fingerprint density at radius 1 is 1.19 bits per heavy atom. The molecule has 0 unspecified atom stereocenters. The zero-order valence-corrected chi connectivity index (χ0v) is 14.4. The van der Waals surface area contributed by atoms with Crippen molar-refractivity contribution in [1.29, 1.82) is 0 Å². The van der Waals surface area contributed by atoms with E-state index in [1.807, 2.05) is 0 Å². The molecule has 2 rings (SSSR count). The third-order valence-corrected chi connectivity index (χ3v) is 4.56. The smallest absolute Gasteiger partial charge is 0.335 e. The number of nitrogens with zero attached hydrogens (tertiary/aromatic N) is 2. The monoisotopic (exact) mass is 404 g/mol. The third-order valence-electron chi connectivity index (χ3n) is 3.93. The van der Waals surface area contributed by atoms with Gasteiger partial charge >= 0.3 is 18.1 Å². The minimum atomic E-state index is -5.82. The Balaban J connectivity index is 1.92. The Morgan fingerprint density at radius 3 is 2.27 bits per heavy atom. The summed E-state index contributed by atoms with van der Waals surface area (Å²) in [4.78, 5) is 3.08. The largest absolute Gasteiger partial charge is 0.461 e. The molecule has 1 aromatic rings. The van der Waals surface area contributed by atoms with E-state index in [1.54, 1.807) is 0 Å². The first-order chi connectivity index (χ1) is 11.8. The summed E-state index contributed by atoms with van der Waals surface area (Å²) in [6, 6.07) is -0.814. The van der Waals surface area contributed by atoms with Crippen LogP contribution in [0, 0.1) is 5.92 Å². The molecule has 0 spiro atoms. The second-order valence-electron chi connectivity index (χ2n) is 6.09. The molecule has 0 atom stereocenters. The maximum absolute atomic E-state index is 13.1. The van der Waals surface area contributed by atoms with Crippen LogP contribution in [-0.2, 0) is 15.9 Å². The summed E-state index contributed by atoms with van der Waals surface area (Å²) in [5, 5.41) is 5.32. The van der Waals surface area contributed by atoms with Crippen molar-refractivity contribution in [3.8, 4) is 0 Å². The maximum atomic E-state index is 13.1. The standard InChI is InChI=1S/C13H17F5N4O3S/c1-7(22-26(2,23)24)8-3-5-9(6-4-8)19-11-20-10(21-25-11)12(14,15)13(16,17)18/h8-9,22H,1,3-6H2,2H3,(H,19,20,21)/t8-,9-. The van der Waals surface area contributed by atoms with E-state index >= 15 is 0 Å². The van der Waals surface area contributed by atoms with Gasteiger partial charge in [-0.3, -0.25) is 4.72 Å². The van der Waals surface area contributed by atoms with E-state index in [0.717, 1.165) is 6.26 Å². The van der Waals surface area contributed by atoms with Crippen LogP contribution >= 0.6 is 0 Å². The summed E-state index contributed by atoms with van der Waals surface area (Å²) in [7, 11) is -3.42. The molecule has 0 aliphatic heterocycles. The number of sulfonamides is 1. The Bertz CT molecular complexity index is 754. The number of nitrogens with one attached hydrogen (secondary N) is 2. The first kappa shape index (κ1) is 20.4. The number of halogens is 5. The van der Waals surface area contributed by atoms with Crippen molar-refractivity contribution in [2.45, 2.75) is 43.8 Å². The molecule has 26 heavy (non-hydrogen) atoms. The van der Waals surface area contributed by atoms with E-state index in [0.29, 0.717) is 31.4 Å². The number of rotatable bonds is 6. The van der Waals surface area contributed by atoms with Gasteiger partial charge in [0, 0.05) is 11.7 Å². The summed E-state index contributed by atoms with van der Waals surface area (Å²) >= 11 is 0. The van der Waals surface area contributed by atoms with Gasteiger partial charge in [-0.25, -0.2) is 8.42 Å². The molecule has 1 fully saturated rings. The van der Waals surface area contributed by atoms with E-state index in [4.69, 9.17) is 0 Å². The second kappa shape index (κ2) is 7.00. The molecule has 0 bridgehead atoms. The molecule has 1 saturated carbocycles. The fourth-order valence-corrected chi connectivity index (χ4v) is 3.26. The van der Waals surface area contributed by atoms with Gasteiger partial charge < -0.3 is 9.84 Å². The van der Waals surface area contributed by atoms with Crippen LogP contribution in [0.4, 0.5) is 28.0 Å². The van der Waals surface area contributed by atoms with Crippen LogP contribution in [-0.4, -0.2) is 37.0 Å². The SMILES string of the molecule is C=C(NS(C)(=O)=O)[C@H]1CC[C@H](Nc2nc(C(F)(F)C(F)(F)F)no2)CC1. The molecule has 13 heteroatoms. The first-order valence-electron chi connectivity index (χ1n) is 7.51. The first-order valence-corrected chi connectivity index (χ1v) is 9.40.